The van der Waals surface area contributed by atoms with Gasteiger partial charge in [0.25, 0.3) is 0 Å². The monoisotopic (exact) mass is 668 g/mol. The van der Waals surface area contributed by atoms with Gasteiger partial charge in [-0.3, -0.25) is 0 Å². The van der Waals surface area contributed by atoms with Gasteiger partial charge in [0.05, 0.1) is 16.7 Å². The number of fused-ring (bicyclic) bond motifs is 8. The Hall–Kier alpha value is -6.12. The van der Waals surface area contributed by atoms with Crippen molar-refractivity contribution < 1.29 is 0 Å². The van der Waals surface area contributed by atoms with Gasteiger partial charge in [0.1, 0.15) is 0 Å². The fourth-order valence-corrected chi connectivity index (χ4v) is 9.15. The van der Waals surface area contributed by atoms with E-state index in [0.29, 0.717) is 0 Å². The number of rotatable bonds is 7. The Morgan fingerprint density at radius 2 is 1.44 bits per heavy atom. The average Bonchev–Trinajstić information content (AvgIpc) is 3.72. The molecular formula is C50H40N2. The quantitative estimate of drug-likeness (QED) is 0.153. The maximum atomic E-state index is 2.56. The highest BCUT2D eigenvalue weighted by atomic mass is 15.2. The summed E-state index contributed by atoms with van der Waals surface area (Å²) in [6.07, 6.45) is 12.2. The second-order valence-corrected chi connectivity index (χ2v) is 14.2. The van der Waals surface area contributed by atoms with Crippen molar-refractivity contribution in [3.05, 3.63) is 175 Å². The number of para-hydroxylation sites is 1. The Bertz CT molecular complexity index is 2790. The summed E-state index contributed by atoms with van der Waals surface area (Å²) in [4.78, 5) is 2.56. The molecule has 0 saturated heterocycles. The topological polar surface area (TPSA) is 8.17 Å². The van der Waals surface area contributed by atoms with Crippen LogP contribution in [0.5, 0.6) is 0 Å². The Labute approximate surface area is 305 Å². The molecule has 1 atom stereocenters. The summed E-state index contributed by atoms with van der Waals surface area (Å²) in [7, 11) is 0. The van der Waals surface area contributed by atoms with Crippen molar-refractivity contribution >= 4 is 60.4 Å². The second-order valence-electron chi connectivity index (χ2n) is 14.2. The molecule has 0 spiro atoms. The Balaban J connectivity index is 1.23. The van der Waals surface area contributed by atoms with Gasteiger partial charge in [-0.25, -0.2) is 0 Å². The van der Waals surface area contributed by atoms with Crippen LogP contribution in [0.15, 0.2) is 170 Å². The maximum absolute atomic E-state index is 2.56. The highest BCUT2D eigenvalue weighted by Crippen LogP contribution is 2.55. The van der Waals surface area contributed by atoms with Crippen molar-refractivity contribution in [3.8, 4) is 22.3 Å². The number of anilines is 2. The summed E-state index contributed by atoms with van der Waals surface area (Å²) >= 11 is 0. The molecule has 2 heteroatoms. The van der Waals surface area contributed by atoms with Gasteiger partial charge in [-0.1, -0.05) is 141 Å². The molecule has 250 valence electrons. The van der Waals surface area contributed by atoms with Crippen LogP contribution >= 0.6 is 0 Å². The number of hydrogen-bond acceptors (Lipinski definition) is 1. The highest BCUT2D eigenvalue weighted by Gasteiger charge is 2.30. The van der Waals surface area contributed by atoms with Crippen LogP contribution in [0.25, 0.3) is 71.3 Å². The van der Waals surface area contributed by atoms with Gasteiger partial charge in [-0.05, 0) is 100.0 Å². The Kier molecular flexibility index (Phi) is 7.25. The molecule has 0 fully saturated rings. The van der Waals surface area contributed by atoms with E-state index in [1.165, 1.54) is 93.9 Å². The van der Waals surface area contributed by atoms with Gasteiger partial charge in [0, 0.05) is 39.3 Å². The summed E-state index contributed by atoms with van der Waals surface area (Å²) in [5.74, 6) is 0.266. The molecule has 0 radical (unpaired) electrons. The Morgan fingerprint density at radius 1 is 0.692 bits per heavy atom. The van der Waals surface area contributed by atoms with Gasteiger partial charge in [0.15, 0.2) is 0 Å². The predicted molar refractivity (Wildman–Crippen MR) is 223 cm³/mol. The first-order valence-electron chi connectivity index (χ1n) is 18.7. The van der Waals surface area contributed by atoms with E-state index < -0.39 is 0 Å². The minimum Gasteiger partial charge on any atom is -0.314 e. The van der Waals surface area contributed by atoms with Crippen LogP contribution in [0.4, 0.5) is 11.4 Å². The molecule has 2 aliphatic carbocycles. The van der Waals surface area contributed by atoms with Crippen molar-refractivity contribution in [3.63, 3.8) is 0 Å². The minimum absolute atomic E-state index is 0.266. The zero-order valence-electron chi connectivity index (χ0n) is 29.7. The number of nitrogens with zero attached hydrogens (tertiary/aromatic N) is 2. The zero-order valence-corrected chi connectivity index (χ0v) is 29.7. The van der Waals surface area contributed by atoms with Crippen LogP contribution in [0, 0.1) is 0 Å². The van der Waals surface area contributed by atoms with E-state index >= 15 is 0 Å². The molecular weight excluding hydrogens is 629 g/mol. The van der Waals surface area contributed by atoms with Crippen LogP contribution in [0.2, 0.25) is 0 Å². The van der Waals surface area contributed by atoms with Crippen molar-refractivity contribution in [2.45, 2.75) is 39.0 Å². The summed E-state index contributed by atoms with van der Waals surface area (Å²) in [6, 6.07) is 52.1. The van der Waals surface area contributed by atoms with E-state index in [1.54, 1.807) is 0 Å². The highest BCUT2D eigenvalue weighted by molar-refractivity contribution is 6.25. The van der Waals surface area contributed by atoms with Gasteiger partial charge < -0.3 is 9.47 Å². The summed E-state index contributed by atoms with van der Waals surface area (Å²) in [5.41, 5.74) is 14.2. The molecule has 1 heterocycles. The summed E-state index contributed by atoms with van der Waals surface area (Å²) in [5, 5.41) is 7.83. The first-order chi connectivity index (χ1) is 25.7. The van der Waals surface area contributed by atoms with Crippen molar-refractivity contribution in [1.29, 1.82) is 0 Å². The van der Waals surface area contributed by atoms with E-state index in [-0.39, 0.29) is 5.92 Å². The molecule has 0 saturated carbocycles. The van der Waals surface area contributed by atoms with Gasteiger partial charge in [-0.15, -0.1) is 0 Å². The van der Waals surface area contributed by atoms with E-state index in [2.05, 4.69) is 187 Å². The van der Waals surface area contributed by atoms with Crippen LogP contribution in [0.3, 0.4) is 0 Å². The first kappa shape index (κ1) is 30.7. The lowest BCUT2D eigenvalue weighted by molar-refractivity contribution is 0.830. The molecule has 2 nitrogen and oxygen atoms in total. The molecule has 0 aliphatic heterocycles. The van der Waals surface area contributed by atoms with E-state index in [9.17, 15) is 0 Å². The molecule has 10 rings (SSSR count). The number of allylic oxidation sites excluding steroid dienone is 6. The number of hydrogen-bond donors (Lipinski definition) is 0. The smallest absolute Gasteiger partial charge is 0.0558 e. The number of aromatic nitrogens is 1. The Morgan fingerprint density at radius 3 is 2.31 bits per heavy atom. The summed E-state index contributed by atoms with van der Waals surface area (Å²) < 4.78 is 2.54. The fourth-order valence-electron chi connectivity index (χ4n) is 9.15. The molecule has 1 aromatic heterocycles. The molecule has 0 bridgehead atoms. The van der Waals surface area contributed by atoms with Crippen molar-refractivity contribution in [2.75, 3.05) is 4.90 Å². The van der Waals surface area contributed by atoms with Crippen LogP contribution < -0.4 is 4.90 Å². The molecule has 2 aliphatic rings. The summed E-state index contributed by atoms with van der Waals surface area (Å²) in [6.45, 7) is 4.48. The standard InChI is InChI=1S/C50H40N2/c1-3-16-36(4-2)51(46-28-15-25-43-49(46)42-24-14-20-35-31-34-19-8-9-22-39(34)50(43)48(35)42)37-29-30-41-40-23-11-13-27-45(40)52(47(41)32-37)44-26-12-10-21-38(44)33-17-6-5-7-18-33/h4-15,17-20,22-32,38H,3,16,21H2,1-2H3/b36-4+. The van der Waals surface area contributed by atoms with Crippen LogP contribution in [-0.4, -0.2) is 4.57 Å². The van der Waals surface area contributed by atoms with Crippen LogP contribution in [0.1, 0.15) is 44.6 Å². The lowest BCUT2D eigenvalue weighted by Crippen LogP contribution is -2.17. The van der Waals surface area contributed by atoms with Gasteiger partial charge in [0.2, 0.25) is 0 Å². The first-order valence-corrected chi connectivity index (χ1v) is 18.7. The molecule has 7 aromatic carbocycles. The third kappa shape index (κ3) is 4.57. The van der Waals surface area contributed by atoms with Crippen LogP contribution in [-0.2, 0) is 0 Å². The molecule has 1 unspecified atom stereocenters. The molecule has 8 aromatic rings. The normalized spacial score (nSPS) is 15.2. The van der Waals surface area contributed by atoms with E-state index in [1.807, 2.05) is 0 Å². The maximum Gasteiger partial charge on any atom is 0.0558 e. The lowest BCUT2D eigenvalue weighted by Gasteiger charge is -2.31. The third-order valence-corrected chi connectivity index (χ3v) is 11.3. The molecule has 0 amide bonds. The zero-order chi connectivity index (χ0) is 34.8. The fraction of sp³-hybridized carbons (Fsp3) is 0.120. The van der Waals surface area contributed by atoms with Crippen molar-refractivity contribution in [2.24, 2.45) is 0 Å². The molecule has 0 N–H and O–H groups in total. The SMILES string of the molecule is C/C=C(\CCC)N(c1ccc2c3ccccc3n(C3=CC=CCC3c3ccccc3)c2c1)c1cccc2c1-c1cccc3cc4ccccc4c-2c13. The molecule has 52 heavy (non-hydrogen) atoms. The van der Waals surface area contributed by atoms with Gasteiger partial charge >= 0.3 is 0 Å². The van der Waals surface area contributed by atoms with E-state index in [4.69, 9.17) is 0 Å². The second kappa shape index (κ2) is 12.3. The predicted octanol–water partition coefficient (Wildman–Crippen LogP) is 14.2. The third-order valence-electron chi connectivity index (χ3n) is 11.3. The largest absolute Gasteiger partial charge is 0.314 e. The average molecular weight is 669 g/mol. The van der Waals surface area contributed by atoms with E-state index in [0.717, 1.165) is 19.3 Å². The van der Waals surface area contributed by atoms with Gasteiger partial charge in [-0.2, -0.15) is 0 Å². The lowest BCUT2D eigenvalue weighted by atomic mass is 9.89. The van der Waals surface area contributed by atoms with Crippen molar-refractivity contribution in [1.82, 2.24) is 4.57 Å². The minimum atomic E-state index is 0.266. The number of benzene rings is 7.